The molecule has 0 aromatic carbocycles. The van der Waals surface area contributed by atoms with E-state index in [4.69, 9.17) is 5.73 Å². The molecule has 1 aromatic heterocycles. The van der Waals surface area contributed by atoms with Crippen LogP contribution in [0.5, 0.6) is 0 Å². The first-order valence-electron chi connectivity index (χ1n) is 3.64. The monoisotopic (exact) mass is 214 g/mol. The molecule has 0 radical (unpaired) electrons. The molecule has 1 heterocycles. The fraction of sp³-hybridized carbons (Fsp3) is 0.375. The third-order valence-electron chi connectivity index (χ3n) is 1.41. The van der Waals surface area contributed by atoms with Crippen molar-refractivity contribution in [1.82, 2.24) is 4.98 Å². The highest BCUT2D eigenvalue weighted by Crippen LogP contribution is 2.13. The molecule has 3 heteroatoms. The van der Waals surface area contributed by atoms with Gasteiger partial charge in [-0.1, -0.05) is 13.3 Å². The number of aryl methyl sites for hydroxylation is 1. The van der Waals surface area contributed by atoms with E-state index < -0.39 is 0 Å². The normalized spacial score (nSPS) is 10.0. The van der Waals surface area contributed by atoms with Gasteiger partial charge in [-0.15, -0.1) is 0 Å². The van der Waals surface area contributed by atoms with E-state index in [1.807, 2.05) is 12.1 Å². The second-order valence-electron chi connectivity index (χ2n) is 2.47. The lowest BCUT2D eigenvalue weighted by Crippen LogP contribution is -1.93. The van der Waals surface area contributed by atoms with E-state index in [2.05, 4.69) is 27.8 Å². The number of aromatic nitrogens is 1. The molecule has 11 heavy (non-hydrogen) atoms. The molecule has 0 bridgehead atoms. The molecule has 0 aliphatic carbocycles. The van der Waals surface area contributed by atoms with Crippen molar-refractivity contribution < 1.29 is 0 Å². The zero-order valence-electron chi connectivity index (χ0n) is 6.47. The highest BCUT2D eigenvalue weighted by molar-refractivity contribution is 9.10. The van der Waals surface area contributed by atoms with E-state index in [-0.39, 0.29) is 0 Å². The largest absolute Gasteiger partial charge is 0.384 e. The van der Waals surface area contributed by atoms with Gasteiger partial charge >= 0.3 is 0 Å². The van der Waals surface area contributed by atoms with Crippen LogP contribution in [0, 0.1) is 0 Å². The second kappa shape index (κ2) is 3.72. The van der Waals surface area contributed by atoms with Crippen molar-refractivity contribution >= 4 is 21.7 Å². The molecule has 2 nitrogen and oxygen atoms in total. The van der Waals surface area contributed by atoms with E-state index >= 15 is 0 Å². The first-order chi connectivity index (χ1) is 5.22. The van der Waals surface area contributed by atoms with Gasteiger partial charge in [0.05, 0.1) is 0 Å². The van der Waals surface area contributed by atoms with Crippen molar-refractivity contribution in [1.29, 1.82) is 0 Å². The minimum Gasteiger partial charge on any atom is -0.384 e. The third kappa shape index (κ3) is 2.50. The Bertz CT molecular complexity index is 228. The average molecular weight is 215 g/mol. The smallest absolute Gasteiger partial charge is 0.124 e. The first kappa shape index (κ1) is 8.53. The molecule has 0 aliphatic heterocycles. The van der Waals surface area contributed by atoms with Crippen LogP contribution >= 0.6 is 15.9 Å². The van der Waals surface area contributed by atoms with Crippen molar-refractivity contribution in [3.05, 3.63) is 22.3 Å². The summed E-state index contributed by atoms with van der Waals surface area (Å²) >= 11 is 3.29. The fourth-order valence-corrected chi connectivity index (χ4v) is 1.50. The molecule has 0 saturated carbocycles. The first-order valence-corrected chi connectivity index (χ1v) is 4.43. The topological polar surface area (TPSA) is 38.9 Å². The highest BCUT2D eigenvalue weighted by Gasteiger charge is 1.96. The maximum atomic E-state index is 5.55. The van der Waals surface area contributed by atoms with Gasteiger partial charge in [0.15, 0.2) is 0 Å². The summed E-state index contributed by atoms with van der Waals surface area (Å²) in [5.74, 6) is 0.586. The van der Waals surface area contributed by atoms with E-state index in [9.17, 15) is 0 Å². The van der Waals surface area contributed by atoms with Crippen LogP contribution in [0.15, 0.2) is 16.7 Å². The predicted octanol–water partition coefficient (Wildman–Crippen LogP) is 2.38. The SMILES string of the molecule is CCCc1cc(N)nc(Br)c1. The average Bonchev–Trinajstić information content (AvgIpc) is 1.85. The van der Waals surface area contributed by atoms with Crippen molar-refractivity contribution in [2.75, 3.05) is 5.73 Å². The number of halogens is 1. The molecule has 0 aliphatic rings. The van der Waals surface area contributed by atoms with Gasteiger partial charge in [-0.25, -0.2) is 4.98 Å². The van der Waals surface area contributed by atoms with Crippen molar-refractivity contribution in [2.24, 2.45) is 0 Å². The molecule has 0 atom stereocenters. The summed E-state index contributed by atoms with van der Waals surface area (Å²) in [6.07, 6.45) is 2.20. The van der Waals surface area contributed by atoms with E-state index in [0.717, 1.165) is 17.4 Å². The number of pyridine rings is 1. The lowest BCUT2D eigenvalue weighted by Gasteiger charge is -2.00. The van der Waals surface area contributed by atoms with Crippen LogP contribution < -0.4 is 5.73 Å². The molecule has 0 amide bonds. The number of rotatable bonds is 2. The Hall–Kier alpha value is -0.570. The Labute approximate surface area is 75.0 Å². The number of hydrogen-bond acceptors (Lipinski definition) is 2. The van der Waals surface area contributed by atoms with Crippen LogP contribution in [-0.4, -0.2) is 4.98 Å². The second-order valence-corrected chi connectivity index (χ2v) is 3.29. The number of nitrogen functional groups attached to an aromatic ring is 1. The molecule has 1 rings (SSSR count). The number of hydrogen-bond donors (Lipinski definition) is 1. The van der Waals surface area contributed by atoms with Gasteiger partial charge in [0.1, 0.15) is 10.4 Å². The maximum absolute atomic E-state index is 5.55. The van der Waals surface area contributed by atoms with Gasteiger partial charge in [0.25, 0.3) is 0 Å². The third-order valence-corrected chi connectivity index (χ3v) is 1.82. The molecule has 0 fully saturated rings. The van der Waals surface area contributed by atoms with E-state index in [1.54, 1.807) is 0 Å². The number of nitrogens with two attached hydrogens (primary N) is 1. The van der Waals surface area contributed by atoms with Gasteiger partial charge in [-0.05, 0) is 40.0 Å². The molecule has 0 spiro atoms. The van der Waals surface area contributed by atoms with Crippen LogP contribution in [0.4, 0.5) is 5.82 Å². The van der Waals surface area contributed by atoms with Crippen molar-refractivity contribution in [2.45, 2.75) is 19.8 Å². The molecule has 0 saturated heterocycles. The molecule has 2 N–H and O–H groups in total. The summed E-state index contributed by atoms with van der Waals surface area (Å²) in [7, 11) is 0. The Kier molecular flexibility index (Phi) is 2.88. The summed E-state index contributed by atoms with van der Waals surface area (Å²) in [5.41, 5.74) is 6.79. The van der Waals surface area contributed by atoms with E-state index in [0.29, 0.717) is 5.82 Å². The van der Waals surface area contributed by atoms with Gasteiger partial charge in [-0.2, -0.15) is 0 Å². The Morgan fingerprint density at radius 2 is 2.27 bits per heavy atom. The number of anilines is 1. The van der Waals surface area contributed by atoms with Crippen molar-refractivity contribution in [3.8, 4) is 0 Å². The van der Waals surface area contributed by atoms with Crippen LogP contribution in [-0.2, 0) is 6.42 Å². The summed E-state index contributed by atoms with van der Waals surface area (Å²) in [6, 6.07) is 3.91. The summed E-state index contributed by atoms with van der Waals surface area (Å²) < 4.78 is 0.820. The quantitative estimate of drug-likeness (QED) is 0.769. The highest BCUT2D eigenvalue weighted by atomic mass is 79.9. The molecular formula is C8H11BrN2. The zero-order chi connectivity index (χ0) is 8.27. The predicted molar refractivity (Wildman–Crippen MR) is 50.3 cm³/mol. The Morgan fingerprint density at radius 3 is 2.82 bits per heavy atom. The fourth-order valence-electron chi connectivity index (χ4n) is 1.01. The summed E-state index contributed by atoms with van der Waals surface area (Å²) in [6.45, 7) is 2.14. The lowest BCUT2D eigenvalue weighted by atomic mass is 10.1. The van der Waals surface area contributed by atoms with Crippen LogP contribution in [0.25, 0.3) is 0 Å². The van der Waals surface area contributed by atoms with Crippen molar-refractivity contribution in [3.63, 3.8) is 0 Å². The lowest BCUT2D eigenvalue weighted by molar-refractivity contribution is 0.917. The standard InChI is InChI=1S/C8H11BrN2/c1-2-3-6-4-7(9)11-8(10)5-6/h4-5H,2-3H2,1H3,(H2,10,11). The maximum Gasteiger partial charge on any atom is 0.124 e. The Balaban J connectivity index is 2.89. The van der Waals surface area contributed by atoms with E-state index in [1.165, 1.54) is 5.56 Å². The van der Waals surface area contributed by atoms with Crippen LogP contribution in [0.3, 0.4) is 0 Å². The number of nitrogens with zero attached hydrogens (tertiary/aromatic N) is 1. The molecular weight excluding hydrogens is 204 g/mol. The minimum absolute atomic E-state index is 0.586. The van der Waals surface area contributed by atoms with Gasteiger partial charge in [-0.3, -0.25) is 0 Å². The van der Waals surface area contributed by atoms with Crippen LogP contribution in [0.2, 0.25) is 0 Å². The summed E-state index contributed by atoms with van der Waals surface area (Å²) in [5, 5.41) is 0. The minimum atomic E-state index is 0.586. The molecule has 0 unspecified atom stereocenters. The van der Waals surface area contributed by atoms with Gasteiger partial charge in [0.2, 0.25) is 0 Å². The zero-order valence-corrected chi connectivity index (χ0v) is 8.06. The van der Waals surface area contributed by atoms with Gasteiger partial charge < -0.3 is 5.73 Å². The molecule has 60 valence electrons. The van der Waals surface area contributed by atoms with Gasteiger partial charge in [0, 0.05) is 0 Å². The van der Waals surface area contributed by atoms with Crippen LogP contribution in [0.1, 0.15) is 18.9 Å². The molecule has 1 aromatic rings. The Morgan fingerprint density at radius 1 is 1.55 bits per heavy atom. The summed E-state index contributed by atoms with van der Waals surface area (Å²) in [4.78, 5) is 4.01.